The van der Waals surface area contributed by atoms with Gasteiger partial charge in [-0.05, 0) is 36.2 Å². The number of ether oxygens (including phenoxy) is 1. The second-order valence-electron chi connectivity index (χ2n) is 7.34. The molecule has 0 unspecified atom stereocenters. The van der Waals surface area contributed by atoms with Gasteiger partial charge in [-0.3, -0.25) is 34.7 Å². The van der Waals surface area contributed by atoms with Crippen molar-refractivity contribution >= 4 is 29.2 Å². The molecule has 0 saturated heterocycles. The lowest BCUT2D eigenvalue weighted by Gasteiger charge is -2.13. The largest absolute Gasteiger partial charge is 0.423 e. The number of nitrogens with zero attached hydrogens (tertiary/aromatic N) is 3. The Morgan fingerprint density at radius 1 is 0.824 bits per heavy atom. The minimum atomic E-state index is -0.995. The van der Waals surface area contributed by atoms with E-state index in [1.54, 1.807) is 36.4 Å². The van der Waals surface area contributed by atoms with E-state index < -0.39 is 27.2 Å². The summed E-state index contributed by atoms with van der Waals surface area (Å²) in [7, 11) is 0. The van der Waals surface area contributed by atoms with Gasteiger partial charge < -0.3 is 4.74 Å². The smallest absolute Gasteiger partial charge is 0.344 e. The molecule has 0 spiro atoms. The van der Waals surface area contributed by atoms with Crippen LogP contribution in [0.4, 0.5) is 11.4 Å². The summed E-state index contributed by atoms with van der Waals surface area (Å²) in [5.74, 6) is -1.58. The highest BCUT2D eigenvalue weighted by Crippen LogP contribution is 2.25. The first-order chi connectivity index (χ1) is 16.2. The van der Waals surface area contributed by atoms with Crippen LogP contribution >= 0.6 is 0 Å². The van der Waals surface area contributed by atoms with Crippen LogP contribution in [0.2, 0.25) is 0 Å². The molecule has 0 radical (unpaired) electrons. The molecule has 0 aromatic heterocycles. The summed E-state index contributed by atoms with van der Waals surface area (Å²) in [5, 5.41) is 22.0. The van der Waals surface area contributed by atoms with Gasteiger partial charge in [0, 0.05) is 18.7 Å². The van der Waals surface area contributed by atoms with Crippen LogP contribution in [0.1, 0.15) is 36.6 Å². The van der Waals surface area contributed by atoms with E-state index in [1.165, 1.54) is 17.0 Å². The van der Waals surface area contributed by atoms with E-state index in [-0.39, 0.29) is 29.7 Å². The van der Waals surface area contributed by atoms with E-state index in [1.807, 2.05) is 0 Å². The Morgan fingerprint density at radius 2 is 1.35 bits per heavy atom. The number of hydrogen-bond acceptors (Lipinski definition) is 8. The molecule has 0 N–H and O–H groups in total. The number of carbonyl (C=O) groups is 3. The van der Waals surface area contributed by atoms with Crippen molar-refractivity contribution in [3.8, 4) is 5.75 Å². The molecule has 3 aromatic rings. The predicted octanol–water partition coefficient (Wildman–Crippen LogP) is 3.56. The van der Waals surface area contributed by atoms with Crippen LogP contribution in [0.25, 0.3) is 0 Å². The summed E-state index contributed by atoms with van der Waals surface area (Å²) in [6.07, 6.45) is 0.372. The summed E-state index contributed by atoms with van der Waals surface area (Å²) in [6, 6.07) is 15.4. The van der Waals surface area contributed by atoms with Gasteiger partial charge in [0.05, 0.1) is 32.6 Å². The van der Waals surface area contributed by atoms with E-state index >= 15 is 0 Å². The van der Waals surface area contributed by atoms with E-state index in [4.69, 9.17) is 4.74 Å². The third kappa shape index (κ3) is 4.35. The Labute approximate surface area is 191 Å². The summed E-state index contributed by atoms with van der Waals surface area (Å²) in [5.41, 5.74) is -0.0421. The molecule has 0 fully saturated rings. The van der Waals surface area contributed by atoms with Crippen molar-refractivity contribution in [3.63, 3.8) is 0 Å². The lowest BCUT2D eigenvalue weighted by Crippen LogP contribution is -2.31. The first-order valence-electron chi connectivity index (χ1n) is 9.95. The molecule has 34 heavy (non-hydrogen) atoms. The molecule has 1 aliphatic heterocycles. The summed E-state index contributed by atoms with van der Waals surface area (Å²) in [6.45, 7) is 0.169. The van der Waals surface area contributed by atoms with Crippen molar-refractivity contribution in [3.05, 3.63) is 109 Å². The first-order valence-corrected chi connectivity index (χ1v) is 9.95. The number of rotatable bonds is 7. The van der Waals surface area contributed by atoms with Crippen molar-refractivity contribution in [1.82, 2.24) is 4.90 Å². The molecule has 11 heteroatoms. The minimum absolute atomic E-state index is 0.114. The Balaban J connectivity index is 1.41. The monoisotopic (exact) mass is 461 g/mol. The maximum Gasteiger partial charge on any atom is 0.344 e. The number of nitro groups is 2. The average Bonchev–Trinajstić information content (AvgIpc) is 3.08. The van der Waals surface area contributed by atoms with Crippen molar-refractivity contribution in [2.24, 2.45) is 0 Å². The molecule has 1 heterocycles. The molecule has 0 bridgehead atoms. The second kappa shape index (κ2) is 8.90. The van der Waals surface area contributed by atoms with E-state index in [0.29, 0.717) is 17.5 Å². The summed E-state index contributed by atoms with van der Waals surface area (Å²) >= 11 is 0. The van der Waals surface area contributed by atoms with Crippen LogP contribution in [-0.4, -0.2) is 39.1 Å². The van der Waals surface area contributed by atoms with Crippen molar-refractivity contribution in [2.75, 3.05) is 6.54 Å². The van der Waals surface area contributed by atoms with Crippen molar-refractivity contribution < 1.29 is 29.0 Å². The van der Waals surface area contributed by atoms with E-state index in [0.717, 1.165) is 23.8 Å². The van der Waals surface area contributed by atoms with Crippen LogP contribution in [0.5, 0.6) is 5.75 Å². The fourth-order valence-electron chi connectivity index (χ4n) is 3.50. The van der Waals surface area contributed by atoms with Crippen LogP contribution in [0.15, 0.2) is 66.7 Å². The van der Waals surface area contributed by atoms with Gasteiger partial charge >= 0.3 is 5.97 Å². The fraction of sp³-hybridized carbons (Fsp3) is 0.0870. The van der Waals surface area contributed by atoms with Crippen LogP contribution in [0, 0.1) is 20.2 Å². The topological polar surface area (TPSA) is 150 Å². The van der Waals surface area contributed by atoms with Gasteiger partial charge in [0.1, 0.15) is 5.75 Å². The molecule has 4 rings (SSSR count). The van der Waals surface area contributed by atoms with Gasteiger partial charge in [-0.25, -0.2) is 4.79 Å². The average molecular weight is 461 g/mol. The number of nitro benzene ring substituents is 2. The SMILES string of the molecule is O=C(Oc1ccc(CCN2C(=O)c3ccccc3C2=O)cc1)c1cc([N+](=O)[O-])cc([N+](=O)[O-])c1. The zero-order chi connectivity index (χ0) is 24.4. The minimum Gasteiger partial charge on any atom is -0.423 e. The normalized spacial score (nSPS) is 12.4. The lowest BCUT2D eigenvalue weighted by molar-refractivity contribution is -0.394. The van der Waals surface area contributed by atoms with Crippen LogP contribution < -0.4 is 4.74 Å². The molecule has 11 nitrogen and oxygen atoms in total. The molecule has 1 aliphatic rings. The quantitative estimate of drug-likeness (QED) is 0.170. The molecule has 0 aliphatic carbocycles. The summed E-state index contributed by atoms with van der Waals surface area (Å²) < 4.78 is 5.18. The Bertz CT molecular complexity index is 1280. The Kier molecular flexibility index (Phi) is 5.83. The molecular weight excluding hydrogens is 446 g/mol. The number of imide groups is 1. The van der Waals surface area contributed by atoms with Gasteiger partial charge in [0.15, 0.2) is 0 Å². The number of non-ortho nitro benzene ring substituents is 2. The zero-order valence-electron chi connectivity index (χ0n) is 17.4. The van der Waals surface area contributed by atoms with Crippen molar-refractivity contribution in [1.29, 1.82) is 0 Å². The van der Waals surface area contributed by atoms with Crippen molar-refractivity contribution in [2.45, 2.75) is 6.42 Å². The first kappa shape index (κ1) is 22.3. The molecule has 170 valence electrons. The number of amides is 2. The third-order valence-corrected chi connectivity index (χ3v) is 5.20. The van der Waals surface area contributed by atoms with Gasteiger partial charge in [-0.1, -0.05) is 24.3 Å². The molecular formula is C23H15N3O8. The van der Waals surface area contributed by atoms with Gasteiger partial charge in [-0.15, -0.1) is 0 Å². The highest BCUT2D eigenvalue weighted by Gasteiger charge is 2.34. The van der Waals surface area contributed by atoms with Crippen LogP contribution in [0.3, 0.4) is 0 Å². The standard InChI is InChI=1S/C23H15N3O8/c27-21-19-3-1-2-4-20(19)22(28)24(21)10-9-14-5-7-18(8-6-14)34-23(29)15-11-16(25(30)31)13-17(12-15)26(32)33/h1-8,11-13H,9-10H2. The highest BCUT2D eigenvalue weighted by molar-refractivity contribution is 6.21. The number of benzene rings is 3. The Morgan fingerprint density at radius 3 is 1.85 bits per heavy atom. The maximum atomic E-state index is 12.4. The number of fused-ring (bicyclic) bond motifs is 1. The Hall–Kier alpha value is -4.93. The fourth-order valence-corrected chi connectivity index (χ4v) is 3.50. The molecule has 0 atom stereocenters. The van der Waals surface area contributed by atoms with Gasteiger partial charge in [0.25, 0.3) is 23.2 Å². The van der Waals surface area contributed by atoms with E-state index in [9.17, 15) is 34.6 Å². The van der Waals surface area contributed by atoms with Crippen LogP contribution in [-0.2, 0) is 6.42 Å². The third-order valence-electron chi connectivity index (χ3n) is 5.20. The number of carbonyl (C=O) groups excluding carboxylic acids is 3. The second-order valence-corrected chi connectivity index (χ2v) is 7.34. The molecule has 2 amide bonds. The number of hydrogen-bond donors (Lipinski definition) is 0. The predicted molar refractivity (Wildman–Crippen MR) is 117 cm³/mol. The van der Waals surface area contributed by atoms with Gasteiger partial charge in [0.2, 0.25) is 0 Å². The molecule has 3 aromatic carbocycles. The lowest BCUT2D eigenvalue weighted by atomic mass is 10.1. The van der Waals surface area contributed by atoms with E-state index in [2.05, 4.69) is 0 Å². The van der Waals surface area contributed by atoms with Gasteiger partial charge in [-0.2, -0.15) is 0 Å². The number of esters is 1. The zero-order valence-corrected chi connectivity index (χ0v) is 17.4. The highest BCUT2D eigenvalue weighted by atomic mass is 16.6. The molecule has 0 saturated carbocycles. The summed E-state index contributed by atoms with van der Waals surface area (Å²) in [4.78, 5) is 58.7. The maximum absolute atomic E-state index is 12.4.